The summed E-state index contributed by atoms with van der Waals surface area (Å²) >= 11 is 1.73. The molecular weight excluding hydrogens is 348 g/mol. The number of hydrogen-bond acceptors (Lipinski definition) is 4. The number of hydrogen-bond donors (Lipinski definition) is 1. The fourth-order valence-electron chi connectivity index (χ4n) is 3.05. The van der Waals surface area contributed by atoms with Crippen LogP contribution in [0.1, 0.15) is 44.4 Å². The first-order valence-corrected chi connectivity index (χ1v) is 10.3. The maximum absolute atomic E-state index is 13.0. The Morgan fingerprint density at radius 3 is 2.58 bits per heavy atom. The molecule has 1 aromatic carbocycles. The molecule has 1 N–H and O–H groups in total. The lowest BCUT2D eigenvalue weighted by Crippen LogP contribution is -2.50. The summed E-state index contributed by atoms with van der Waals surface area (Å²) in [6.07, 6.45) is 1.86. The number of alkyl carbamates (subject to hydrolysis) is 1. The highest BCUT2D eigenvalue weighted by Crippen LogP contribution is 2.36. The number of ether oxygens (including phenoxy) is 1. The van der Waals surface area contributed by atoms with E-state index in [0.717, 1.165) is 6.54 Å². The van der Waals surface area contributed by atoms with Crippen molar-refractivity contribution < 1.29 is 14.3 Å². The fourth-order valence-corrected chi connectivity index (χ4v) is 4.33. The van der Waals surface area contributed by atoms with Gasteiger partial charge in [-0.2, -0.15) is 0 Å². The Hall–Kier alpha value is -1.69. The van der Waals surface area contributed by atoms with E-state index in [1.165, 1.54) is 18.4 Å². The van der Waals surface area contributed by atoms with Gasteiger partial charge < -0.3 is 15.0 Å². The first-order chi connectivity index (χ1) is 12.3. The number of nitrogens with one attached hydrogen (secondary N) is 1. The van der Waals surface area contributed by atoms with Gasteiger partial charge in [0.15, 0.2) is 0 Å². The quantitative estimate of drug-likeness (QED) is 0.872. The van der Waals surface area contributed by atoms with E-state index in [0.29, 0.717) is 18.2 Å². The van der Waals surface area contributed by atoms with Crippen LogP contribution >= 0.6 is 11.8 Å². The summed E-state index contributed by atoms with van der Waals surface area (Å²) < 4.78 is 5.34. The van der Waals surface area contributed by atoms with Crippen LogP contribution in [0.3, 0.4) is 0 Å². The maximum atomic E-state index is 13.0. The van der Waals surface area contributed by atoms with Crippen molar-refractivity contribution in [2.75, 3.05) is 18.8 Å². The number of rotatable bonds is 4. The molecule has 0 spiro atoms. The Balaban J connectivity index is 1.72. The lowest BCUT2D eigenvalue weighted by Gasteiger charge is -2.27. The zero-order chi connectivity index (χ0) is 18.7. The number of nitrogens with zero attached hydrogens (tertiary/aromatic N) is 1. The van der Waals surface area contributed by atoms with Gasteiger partial charge in [0.25, 0.3) is 0 Å². The third-order valence-corrected chi connectivity index (χ3v) is 5.85. The highest BCUT2D eigenvalue weighted by Gasteiger charge is 2.36. The summed E-state index contributed by atoms with van der Waals surface area (Å²) in [6.45, 7) is 6.94. The van der Waals surface area contributed by atoms with Gasteiger partial charge in [-0.3, -0.25) is 4.79 Å². The van der Waals surface area contributed by atoms with Crippen molar-refractivity contribution in [1.82, 2.24) is 10.2 Å². The highest BCUT2D eigenvalue weighted by atomic mass is 32.2. The zero-order valence-electron chi connectivity index (χ0n) is 15.7. The van der Waals surface area contributed by atoms with Crippen LogP contribution in [0.5, 0.6) is 0 Å². The van der Waals surface area contributed by atoms with Gasteiger partial charge in [0.05, 0.1) is 0 Å². The Labute approximate surface area is 159 Å². The molecule has 0 unspecified atom stereocenters. The van der Waals surface area contributed by atoms with Crippen LogP contribution in [0.15, 0.2) is 30.3 Å². The molecule has 1 heterocycles. The number of amides is 2. The standard InChI is InChI=1S/C20H28N2O3S/c1-20(2,3)25-19(24)21-16-13-26-17(15-7-5-4-6-8-15)12-22(18(16)23)11-14-9-10-14/h4-8,14,16-17H,9-13H2,1-3H3,(H,21,24)/t16-,17-/m1/s1. The van der Waals surface area contributed by atoms with Crippen LogP contribution < -0.4 is 5.32 Å². The molecular formula is C20H28N2O3S. The van der Waals surface area contributed by atoms with Crippen LogP contribution in [-0.2, 0) is 9.53 Å². The van der Waals surface area contributed by atoms with Gasteiger partial charge in [0.1, 0.15) is 11.6 Å². The minimum atomic E-state index is -0.578. The van der Waals surface area contributed by atoms with E-state index in [2.05, 4.69) is 17.4 Å². The number of carbonyl (C=O) groups is 2. The molecule has 1 aromatic rings. The Morgan fingerprint density at radius 1 is 1.27 bits per heavy atom. The fraction of sp³-hybridized carbons (Fsp3) is 0.600. The molecule has 1 aliphatic heterocycles. The van der Waals surface area contributed by atoms with Gasteiger partial charge in [-0.25, -0.2) is 4.79 Å². The van der Waals surface area contributed by atoms with Crippen molar-refractivity contribution in [3.63, 3.8) is 0 Å². The normalized spacial score (nSPS) is 24.1. The molecule has 2 fully saturated rings. The lowest BCUT2D eigenvalue weighted by atomic mass is 10.1. The van der Waals surface area contributed by atoms with E-state index in [1.54, 1.807) is 11.8 Å². The van der Waals surface area contributed by atoms with E-state index in [1.807, 2.05) is 43.9 Å². The predicted molar refractivity (Wildman–Crippen MR) is 104 cm³/mol. The van der Waals surface area contributed by atoms with E-state index >= 15 is 0 Å². The molecule has 26 heavy (non-hydrogen) atoms. The topological polar surface area (TPSA) is 58.6 Å². The Morgan fingerprint density at radius 2 is 1.96 bits per heavy atom. The van der Waals surface area contributed by atoms with E-state index in [-0.39, 0.29) is 11.2 Å². The average Bonchev–Trinajstić information content (AvgIpc) is 3.39. The van der Waals surface area contributed by atoms with Crippen molar-refractivity contribution in [2.24, 2.45) is 5.92 Å². The van der Waals surface area contributed by atoms with Crippen LogP contribution in [0.2, 0.25) is 0 Å². The van der Waals surface area contributed by atoms with Crippen molar-refractivity contribution in [2.45, 2.75) is 50.5 Å². The van der Waals surface area contributed by atoms with Gasteiger partial charge >= 0.3 is 6.09 Å². The summed E-state index contributed by atoms with van der Waals surface area (Å²) in [7, 11) is 0. The lowest BCUT2D eigenvalue weighted by molar-refractivity contribution is -0.133. The second-order valence-electron chi connectivity index (χ2n) is 8.12. The molecule has 1 aliphatic carbocycles. The molecule has 0 aromatic heterocycles. The van der Waals surface area contributed by atoms with E-state index in [9.17, 15) is 9.59 Å². The average molecular weight is 377 g/mol. The molecule has 0 radical (unpaired) electrons. The SMILES string of the molecule is CC(C)(C)OC(=O)N[C@@H]1CS[C@@H](c2ccccc2)CN(CC2CC2)C1=O. The smallest absolute Gasteiger partial charge is 0.408 e. The molecule has 2 aliphatic rings. The van der Waals surface area contributed by atoms with Gasteiger partial charge in [-0.05, 0) is 45.1 Å². The van der Waals surface area contributed by atoms with Crippen LogP contribution in [0.4, 0.5) is 4.79 Å². The maximum Gasteiger partial charge on any atom is 0.408 e. The summed E-state index contributed by atoms with van der Waals surface area (Å²) in [5.74, 6) is 1.17. The van der Waals surface area contributed by atoms with E-state index in [4.69, 9.17) is 4.74 Å². The van der Waals surface area contributed by atoms with Gasteiger partial charge in [-0.15, -0.1) is 11.8 Å². The number of benzene rings is 1. The molecule has 142 valence electrons. The molecule has 3 rings (SSSR count). The minimum absolute atomic E-state index is 0.00805. The molecule has 1 saturated carbocycles. The Kier molecular flexibility index (Phi) is 5.80. The molecule has 2 atom stereocenters. The van der Waals surface area contributed by atoms with Crippen LogP contribution in [-0.4, -0.2) is 47.4 Å². The molecule has 0 bridgehead atoms. The third kappa shape index (κ3) is 5.40. The molecule has 2 amide bonds. The third-order valence-electron chi connectivity index (χ3n) is 4.50. The predicted octanol–water partition coefficient (Wildman–Crippen LogP) is 3.61. The summed E-state index contributed by atoms with van der Waals surface area (Å²) in [5, 5.41) is 3.01. The van der Waals surface area contributed by atoms with Crippen molar-refractivity contribution in [1.29, 1.82) is 0 Å². The monoisotopic (exact) mass is 376 g/mol. The van der Waals surface area contributed by atoms with Gasteiger partial charge in [-0.1, -0.05) is 30.3 Å². The largest absolute Gasteiger partial charge is 0.444 e. The van der Waals surface area contributed by atoms with Crippen molar-refractivity contribution in [3.05, 3.63) is 35.9 Å². The first kappa shape index (κ1) is 19.1. The van der Waals surface area contributed by atoms with E-state index < -0.39 is 17.7 Å². The second-order valence-corrected chi connectivity index (χ2v) is 9.35. The summed E-state index contributed by atoms with van der Waals surface area (Å²) in [6, 6.07) is 9.75. The van der Waals surface area contributed by atoms with Crippen LogP contribution in [0.25, 0.3) is 0 Å². The minimum Gasteiger partial charge on any atom is -0.444 e. The molecule has 5 nitrogen and oxygen atoms in total. The molecule has 6 heteroatoms. The summed E-state index contributed by atoms with van der Waals surface area (Å²) in [5.41, 5.74) is 0.648. The number of thioether (sulfide) groups is 1. The zero-order valence-corrected chi connectivity index (χ0v) is 16.6. The first-order valence-electron chi connectivity index (χ1n) is 9.26. The van der Waals surface area contributed by atoms with Crippen LogP contribution in [0, 0.1) is 5.92 Å². The Bertz CT molecular complexity index is 640. The number of carbonyl (C=O) groups excluding carboxylic acids is 2. The summed E-state index contributed by atoms with van der Waals surface area (Å²) in [4.78, 5) is 27.1. The second kappa shape index (κ2) is 7.91. The highest BCUT2D eigenvalue weighted by molar-refractivity contribution is 7.99. The van der Waals surface area contributed by atoms with Crippen molar-refractivity contribution >= 4 is 23.8 Å². The van der Waals surface area contributed by atoms with Gasteiger partial charge in [0, 0.05) is 24.1 Å². The molecule has 1 saturated heterocycles. The van der Waals surface area contributed by atoms with Crippen molar-refractivity contribution in [3.8, 4) is 0 Å². The van der Waals surface area contributed by atoms with Gasteiger partial charge in [0.2, 0.25) is 5.91 Å².